The van der Waals surface area contributed by atoms with Crippen molar-refractivity contribution in [2.24, 2.45) is 0 Å². The van der Waals surface area contributed by atoms with Crippen molar-refractivity contribution in [1.82, 2.24) is 9.55 Å². The van der Waals surface area contributed by atoms with Crippen LogP contribution in [0.5, 0.6) is 0 Å². The Morgan fingerprint density at radius 1 is 1.62 bits per heavy atom. The number of aromatic nitrogens is 2. The summed E-state index contributed by atoms with van der Waals surface area (Å²) in [5.74, 6) is 0. The highest BCUT2D eigenvalue weighted by Crippen LogP contribution is 2.13. The maximum Gasteiger partial charge on any atom is 0.188 e. The van der Waals surface area contributed by atoms with Gasteiger partial charge in [0.15, 0.2) is 4.80 Å². The van der Waals surface area contributed by atoms with Gasteiger partial charge in [0.25, 0.3) is 0 Å². The van der Waals surface area contributed by atoms with Crippen LogP contribution in [0.15, 0.2) is 22.4 Å². The second-order valence-electron chi connectivity index (χ2n) is 2.38. The monoisotopic (exact) mass is 303 g/mol. The van der Waals surface area contributed by atoms with Gasteiger partial charge in [-0.3, -0.25) is 9.98 Å². The van der Waals surface area contributed by atoms with Crippen LogP contribution in [0.2, 0.25) is 0 Å². The maximum absolute atomic E-state index is 7.69. The zero-order chi connectivity index (χ0) is 9.26. The SMILES string of the molecule is N=c1sc2ncccc2n1/C=C\I. The molecule has 0 unspecified atom stereocenters. The smallest absolute Gasteiger partial charge is 0.188 e. The quantitative estimate of drug-likeness (QED) is 0.808. The van der Waals surface area contributed by atoms with Gasteiger partial charge in [-0.1, -0.05) is 33.9 Å². The van der Waals surface area contributed by atoms with E-state index in [1.807, 2.05) is 27.0 Å². The first kappa shape index (κ1) is 8.89. The summed E-state index contributed by atoms with van der Waals surface area (Å²) >= 11 is 3.52. The normalized spacial score (nSPS) is 11.5. The third-order valence-electron chi connectivity index (χ3n) is 1.63. The lowest BCUT2D eigenvalue weighted by molar-refractivity contribution is 1.08. The minimum absolute atomic E-state index is 0.501. The van der Waals surface area contributed by atoms with Crippen molar-refractivity contribution < 1.29 is 0 Å². The summed E-state index contributed by atoms with van der Waals surface area (Å²) in [6, 6.07) is 3.85. The molecule has 3 nitrogen and oxygen atoms in total. The standard InChI is InChI=1S/C8H6IN3S/c9-3-5-12-6-2-1-4-11-7(6)13-8(12)10/h1-5,10H/b5-3-,10-8?. The molecule has 66 valence electrons. The number of rotatable bonds is 1. The first-order valence-electron chi connectivity index (χ1n) is 3.60. The van der Waals surface area contributed by atoms with Crippen LogP contribution in [-0.2, 0) is 0 Å². The first-order valence-corrected chi connectivity index (χ1v) is 5.66. The molecule has 0 aliphatic heterocycles. The van der Waals surface area contributed by atoms with Gasteiger partial charge in [-0.2, -0.15) is 0 Å². The van der Waals surface area contributed by atoms with Crippen molar-refractivity contribution >= 4 is 50.5 Å². The Balaban J connectivity index is 2.86. The fourth-order valence-electron chi connectivity index (χ4n) is 1.10. The summed E-state index contributed by atoms with van der Waals surface area (Å²) in [4.78, 5) is 5.59. The Kier molecular flexibility index (Phi) is 2.45. The number of halogens is 1. The van der Waals surface area contributed by atoms with E-state index in [9.17, 15) is 0 Å². The predicted molar refractivity (Wildman–Crippen MR) is 62.8 cm³/mol. The summed E-state index contributed by atoms with van der Waals surface area (Å²) in [5.41, 5.74) is 0.991. The summed E-state index contributed by atoms with van der Waals surface area (Å²) in [5, 5.41) is 7.69. The Morgan fingerprint density at radius 2 is 2.46 bits per heavy atom. The fourth-order valence-corrected chi connectivity index (χ4v) is 2.25. The molecule has 5 heteroatoms. The molecule has 0 aromatic carbocycles. The van der Waals surface area contributed by atoms with E-state index in [4.69, 9.17) is 5.41 Å². The molecule has 0 saturated heterocycles. The molecule has 0 fully saturated rings. The highest BCUT2D eigenvalue weighted by atomic mass is 127. The van der Waals surface area contributed by atoms with Crippen molar-refractivity contribution in [1.29, 1.82) is 5.41 Å². The van der Waals surface area contributed by atoms with E-state index >= 15 is 0 Å². The Labute approximate surface area is 92.4 Å². The largest absolute Gasteiger partial charge is 0.290 e. The number of thiazole rings is 1. The van der Waals surface area contributed by atoms with Gasteiger partial charge in [0, 0.05) is 12.4 Å². The van der Waals surface area contributed by atoms with Crippen LogP contribution < -0.4 is 4.80 Å². The van der Waals surface area contributed by atoms with Crippen molar-refractivity contribution in [3.8, 4) is 0 Å². The molecule has 0 aliphatic rings. The molecule has 0 spiro atoms. The molecule has 13 heavy (non-hydrogen) atoms. The molecule has 0 bridgehead atoms. The lowest BCUT2D eigenvalue weighted by Crippen LogP contribution is -2.05. The highest BCUT2D eigenvalue weighted by Gasteiger charge is 2.01. The first-order chi connectivity index (χ1) is 6.33. The average Bonchev–Trinajstić information content (AvgIpc) is 2.44. The van der Waals surface area contributed by atoms with Gasteiger partial charge in [-0.05, 0) is 16.2 Å². The van der Waals surface area contributed by atoms with E-state index in [0.717, 1.165) is 10.3 Å². The van der Waals surface area contributed by atoms with Crippen LogP contribution >= 0.6 is 33.9 Å². The Hall–Kier alpha value is -0.690. The van der Waals surface area contributed by atoms with E-state index in [0.29, 0.717) is 4.80 Å². The third kappa shape index (κ3) is 1.53. The average molecular weight is 303 g/mol. The number of nitrogens with one attached hydrogen (secondary N) is 1. The topological polar surface area (TPSA) is 41.7 Å². The van der Waals surface area contributed by atoms with Crippen LogP contribution in [0.1, 0.15) is 0 Å². The molecule has 2 aromatic heterocycles. The van der Waals surface area contributed by atoms with Gasteiger partial charge in [0.2, 0.25) is 0 Å². The van der Waals surface area contributed by atoms with Crippen LogP contribution in [0.25, 0.3) is 16.5 Å². The number of pyridine rings is 1. The van der Waals surface area contributed by atoms with E-state index in [1.165, 1.54) is 11.3 Å². The van der Waals surface area contributed by atoms with Crippen LogP contribution in [0, 0.1) is 5.41 Å². The number of hydrogen-bond acceptors (Lipinski definition) is 3. The molecular weight excluding hydrogens is 297 g/mol. The van der Waals surface area contributed by atoms with Crippen LogP contribution in [-0.4, -0.2) is 9.55 Å². The minimum Gasteiger partial charge on any atom is -0.290 e. The molecule has 0 amide bonds. The second-order valence-corrected chi connectivity index (χ2v) is 4.08. The molecule has 2 rings (SSSR count). The summed E-state index contributed by atoms with van der Waals surface area (Å²) < 4.78 is 3.70. The van der Waals surface area contributed by atoms with Gasteiger partial charge < -0.3 is 0 Å². The highest BCUT2D eigenvalue weighted by molar-refractivity contribution is 14.1. The maximum atomic E-state index is 7.69. The van der Waals surface area contributed by atoms with E-state index in [-0.39, 0.29) is 0 Å². The number of nitrogens with zero attached hydrogens (tertiary/aromatic N) is 2. The molecule has 2 aromatic rings. The van der Waals surface area contributed by atoms with Gasteiger partial charge >= 0.3 is 0 Å². The second kappa shape index (κ2) is 3.59. The zero-order valence-corrected chi connectivity index (χ0v) is 9.54. The van der Waals surface area contributed by atoms with Gasteiger partial charge in [0.05, 0.1) is 5.52 Å². The lowest BCUT2D eigenvalue weighted by Gasteiger charge is -1.93. The molecule has 2 heterocycles. The molecule has 0 saturated carbocycles. The summed E-state index contributed by atoms with van der Waals surface area (Å²) in [6.07, 6.45) is 3.61. The van der Waals surface area contributed by atoms with Crippen molar-refractivity contribution in [2.75, 3.05) is 0 Å². The van der Waals surface area contributed by atoms with Crippen molar-refractivity contribution in [3.05, 3.63) is 27.2 Å². The Bertz CT molecular complexity index is 511. The minimum atomic E-state index is 0.501. The lowest BCUT2D eigenvalue weighted by atomic mass is 10.4. The van der Waals surface area contributed by atoms with Gasteiger partial charge in [-0.15, -0.1) is 0 Å². The van der Waals surface area contributed by atoms with E-state index in [1.54, 1.807) is 6.20 Å². The molecular formula is C8H6IN3S. The zero-order valence-electron chi connectivity index (χ0n) is 6.57. The van der Waals surface area contributed by atoms with Gasteiger partial charge in [0.1, 0.15) is 4.83 Å². The number of hydrogen-bond donors (Lipinski definition) is 1. The molecule has 0 radical (unpaired) electrons. The fraction of sp³-hybridized carbons (Fsp3) is 0. The molecule has 1 N–H and O–H groups in total. The summed E-state index contributed by atoms with van der Waals surface area (Å²) in [7, 11) is 0. The number of fused-ring (bicyclic) bond motifs is 1. The van der Waals surface area contributed by atoms with Crippen molar-refractivity contribution in [3.63, 3.8) is 0 Å². The van der Waals surface area contributed by atoms with Crippen LogP contribution in [0.4, 0.5) is 0 Å². The van der Waals surface area contributed by atoms with Crippen LogP contribution in [0.3, 0.4) is 0 Å². The van der Waals surface area contributed by atoms with Crippen molar-refractivity contribution in [2.45, 2.75) is 0 Å². The third-order valence-corrected chi connectivity index (χ3v) is 2.85. The predicted octanol–water partition coefficient (Wildman–Crippen LogP) is 2.44. The van der Waals surface area contributed by atoms with E-state index in [2.05, 4.69) is 27.6 Å². The van der Waals surface area contributed by atoms with E-state index < -0.39 is 0 Å². The molecule has 0 aliphatic carbocycles. The molecule has 0 atom stereocenters. The Morgan fingerprint density at radius 3 is 3.23 bits per heavy atom. The summed E-state index contributed by atoms with van der Waals surface area (Å²) in [6.45, 7) is 0. The van der Waals surface area contributed by atoms with Gasteiger partial charge in [-0.25, -0.2) is 4.98 Å².